The predicted molar refractivity (Wildman–Crippen MR) is 74.5 cm³/mol. The standard InChI is InChI=1S/C14H17N3/c1-9-7-11(3-5-13(9)15)17-12-4-6-14(16)10(2)8-12/h3-8,17H,15-16H2,1-2H3. The van der Waals surface area contributed by atoms with Crippen molar-refractivity contribution in [2.24, 2.45) is 0 Å². The minimum absolute atomic E-state index is 0.809. The van der Waals surface area contributed by atoms with Crippen LogP contribution in [0.2, 0.25) is 0 Å². The minimum Gasteiger partial charge on any atom is -0.399 e. The molecule has 0 aromatic heterocycles. The molecule has 0 amide bonds. The molecule has 88 valence electrons. The Morgan fingerprint density at radius 2 is 1.18 bits per heavy atom. The molecule has 0 aliphatic carbocycles. The summed E-state index contributed by atoms with van der Waals surface area (Å²) >= 11 is 0. The molecule has 0 aliphatic heterocycles. The largest absolute Gasteiger partial charge is 0.399 e. The molecular formula is C14H17N3. The van der Waals surface area contributed by atoms with Crippen LogP contribution in [0.3, 0.4) is 0 Å². The average molecular weight is 227 g/mol. The normalized spacial score (nSPS) is 10.2. The highest BCUT2D eigenvalue weighted by atomic mass is 14.9. The van der Waals surface area contributed by atoms with Crippen LogP contribution in [0.5, 0.6) is 0 Å². The smallest absolute Gasteiger partial charge is 0.0388 e. The maximum atomic E-state index is 5.78. The van der Waals surface area contributed by atoms with E-state index in [0.29, 0.717) is 0 Å². The lowest BCUT2D eigenvalue weighted by molar-refractivity contribution is 1.43. The summed E-state index contributed by atoms with van der Waals surface area (Å²) in [5.74, 6) is 0. The van der Waals surface area contributed by atoms with Crippen molar-refractivity contribution in [3.05, 3.63) is 47.5 Å². The molecule has 0 radical (unpaired) electrons. The Hall–Kier alpha value is -2.16. The van der Waals surface area contributed by atoms with Crippen molar-refractivity contribution in [3.8, 4) is 0 Å². The number of nitrogens with one attached hydrogen (secondary N) is 1. The first-order valence-electron chi connectivity index (χ1n) is 5.55. The first kappa shape index (κ1) is 11.3. The molecule has 0 fully saturated rings. The number of benzene rings is 2. The lowest BCUT2D eigenvalue weighted by atomic mass is 10.1. The van der Waals surface area contributed by atoms with Gasteiger partial charge in [-0.2, -0.15) is 0 Å². The highest BCUT2D eigenvalue weighted by molar-refractivity contribution is 5.66. The summed E-state index contributed by atoms with van der Waals surface area (Å²) < 4.78 is 0. The molecule has 3 heteroatoms. The fourth-order valence-electron chi connectivity index (χ4n) is 1.67. The van der Waals surface area contributed by atoms with E-state index in [2.05, 4.69) is 5.32 Å². The van der Waals surface area contributed by atoms with Crippen LogP contribution in [0.4, 0.5) is 22.7 Å². The Labute approximate surface area is 101 Å². The predicted octanol–water partition coefficient (Wildman–Crippen LogP) is 3.21. The second-order valence-corrected chi connectivity index (χ2v) is 4.27. The van der Waals surface area contributed by atoms with Gasteiger partial charge in [-0.3, -0.25) is 0 Å². The second kappa shape index (κ2) is 4.37. The number of hydrogen-bond acceptors (Lipinski definition) is 3. The van der Waals surface area contributed by atoms with E-state index in [9.17, 15) is 0 Å². The second-order valence-electron chi connectivity index (χ2n) is 4.27. The van der Waals surface area contributed by atoms with Crippen molar-refractivity contribution in [2.45, 2.75) is 13.8 Å². The maximum Gasteiger partial charge on any atom is 0.0388 e. The molecule has 5 N–H and O–H groups in total. The van der Waals surface area contributed by atoms with Gasteiger partial charge >= 0.3 is 0 Å². The summed E-state index contributed by atoms with van der Waals surface area (Å²) in [4.78, 5) is 0. The Bertz CT molecular complexity index is 498. The van der Waals surface area contributed by atoms with Gasteiger partial charge in [-0.15, -0.1) is 0 Å². The maximum absolute atomic E-state index is 5.78. The molecule has 2 aromatic rings. The molecule has 0 unspecified atom stereocenters. The third-order valence-electron chi connectivity index (χ3n) is 2.83. The van der Waals surface area contributed by atoms with Gasteiger partial charge in [0.2, 0.25) is 0 Å². The topological polar surface area (TPSA) is 64.1 Å². The number of hydrogen-bond donors (Lipinski definition) is 3. The fraction of sp³-hybridized carbons (Fsp3) is 0.143. The summed E-state index contributed by atoms with van der Waals surface area (Å²) in [6.45, 7) is 3.99. The molecular weight excluding hydrogens is 210 g/mol. The lowest BCUT2D eigenvalue weighted by Crippen LogP contribution is -1.95. The Morgan fingerprint density at radius 1 is 0.765 bits per heavy atom. The van der Waals surface area contributed by atoms with Gasteiger partial charge in [0, 0.05) is 22.7 Å². The van der Waals surface area contributed by atoms with Gasteiger partial charge in [0.1, 0.15) is 0 Å². The van der Waals surface area contributed by atoms with Crippen LogP contribution in [0, 0.1) is 13.8 Å². The quantitative estimate of drug-likeness (QED) is 0.690. The highest BCUT2D eigenvalue weighted by Crippen LogP contribution is 2.23. The zero-order valence-corrected chi connectivity index (χ0v) is 10.1. The van der Waals surface area contributed by atoms with Gasteiger partial charge in [0.05, 0.1) is 0 Å². The van der Waals surface area contributed by atoms with Crippen molar-refractivity contribution >= 4 is 22.7 Å². The number of nitrogens with two attached hydrogens (primary N) is 2. The summed E-state index contributed by atoms with van der Waals surface area (Å²) in [5.41, 5.74) is 17.4. The molecule has 3 nitrogen and oxygen atoms in total. The molecule has 0 bridgehead atoms. The van der Waals surface area contributed by atoms with Crippen LogP contribution in [0.15, 0.2) is 36.4 Å². The van der Waals surface area contributed by atoms with Crippen LogP contribution in [0.1, 0.15) is 11.1 Å². The van der Waals surface area contributed by atoms with Crippen molar-refractivity contribution in [2.75, 3.05) is 16.8 Å². The van der Waals surface area contributed by atoms with Crippen LogP contribution in [-0.2, 0) is 0 Å². The van der Waals surface area contributed by atoms with Crippen LogP contribution < -0.4 is 16.8 Å². The molecule has 2 rings (SSSR count). The molecule has 0 atom stereocenters. The molecule has 0 saturated heterocycles. The molecule has 17 heavy (non-hydrogen) atoms. The summed E-state index contributed by atoms with van der Waals surface area (Å²) in [6.07, 6.45) is 0. The lowest BCUT2D eigenvalue weighted by Gasteiger charge is -2.10. The van der Waals surface area contributed by atoms with Crippen LogP contribution in [-0.4, -0.2) is 0 Å². The van der Waals surface area contributed by atoms with Gasteiger partial charge in [0.25, 0.3) is 0 Å². The fourth-order valence-corrected chi connectivity index (χ4v) is 1.67. The average Bonchev–Trinajstić information content (AvgIpc) is 2.29. The number of aryl methyl sites for hydroxylation is 2. The molecule has 0 saturated carbocycles. The van der Waals surface area contributed by atoms with E-state index in [4.69, 9.17) is 11.5 Å². The van der Waals surface area contributed by atoms with Gasteiger partial charge < -0.3 is 16.8 Å². The third-order valence-corrected chi connectivity index (χ3v) is 2.83. The highest BCUT2D eigenvalue weighted by Gasteiger charge is 1.99. The van der Waals surface area contributed by atoms with Gasteiger partial charge in [-0.1, -0.05) is 0 Å². The van der Waals surface area contributed by atoms with Crippen molar-refractivity contribution in [1.82, 2.24) is 0 Å². The van der Waals surface area contributed by atoms with Crippen molar-refractivity contribution in [1.29, 1.82) is 0 Å². The molecule has 0 heterocycles. The monoisotopic (exact) mass is 227 g/mol. The zero-order valence-electron chi connectivity index (χ0n) is 10.1. The molecule has 0 spiro atoms. The summed E-state index contributed by atoms with van der Waals surface area (Å²) in [6, 6.07) is 11.8. The van der Waals surface area contributed by atoms with E-state index in [1.165, 1.54) is 0 Å². The molecule has 2 aromatic carbocycles. The van der Waals surface area contributed by atoms with E-state index < -0.39 is 0 Å². The van der Waals surface area contributed by atoms with E-state index in [-0.39, 0.29) is 0 Å². The van der Waals surface area contributed by atoms with Crippen molar-refractivity contribution in [3.63, 3.8) is 0 Å². The van der Waals surface area contributed by atoms with E-state index in [0.717, 1.165) is 33.9 Å². The van der Waals surface area contributed by atoms with Gasteiger partial charge in [-0.25, -0.2) is 0 Å². The summed E-state index contributed by atoms with van der Waals surface area (Å²) in [5, 5.41) is 3.33. The van der Waals surface area contributed by atoms with E-state index >= 15 is 0 Å². The SMILES string of the molecule is Cc1cc(Nc2ccc(N)c(C)c2)ccc1N. The number of rotatable bonds is 2. The molecule has 0 aliphatic rings. The van der Waals surface area contributed by atoms with Crippen LogP contribution in [0.25, 0.3) is 0 Å². The minimum atomic E-state index is 0.809. The Morgan fingerprint density at radius 3 is 1.53 bits per heavy atom. The number of nitrogen functional groups attached to an aromatic ring is 2. The first-order valence-corrected chi connectivity index (χ1v) is 5.55. The van der Waals surface area contributed by atoms with Crippen molar-refractivity contribution < 1.29 is 0 Å². The third kappa shape index (κ3) is 2.50. The summed E-state index contributed by atoms with van der Waals surface area (Å²) in [7, 11) is 0. The Balaban J connectivity index is 2.25. The van der Waals surface area contributed by atoms with E-state index in [1.54, 1.807) is 0 Å². The van der Waals surface area contributed by atoms with E-state index in [1.807, 2.05) is 50.2 Å². The van der Waals surface area contributed by atoms with Gasteiger partial charge in [0.15, 0.2) is 0 Å². The van der Waals surface area contributed by atoms with Crippen LogP contribution >= 0.6 is 0 Å². The Kier molecular flexibility index (Phi) is 2.91. The first-order chi connectivity index (χ1) is 8.06. The van der Waals surface area contributed by atoms with Gasteiger partial charge in [-0.05, 0) is 61.4 Å². The number of anilines is 4. The zero-order chi connectivity index (χ0) is 12.4.